The Kier molecular flexibility index (Phi) is 45.2. The third-order valence-corrected chi connectivity index (χ3v) is 11.6. The summed E-state index contributed by atoms with van der Waals surface area (Å²) in [6.07, 6.45) is 51.8. The second-order valence-corrected chi connectivity index (χ2v) is 19.2. The van der Waals surface area contributed by atoms with Gasteiger partial charge in [-0.25, -0.2) is 0 Å². The summed E-state index contributed by atoms with van der Waals surface area (Å²) in [4.78, 5) is 37.1. The van der Waals surface area contributed by atoms with Crippen molar-refractivity contribution in [3.63, 3.8) is 0 Å². The van der Waals surface area contributed by atoms with Crippen molar-refractivity contribution in [2.45, 2.75) is 251 Å². The number of quaternary nitrogens is 1. The van der Waals surface area contributed by atoms with Crippen LogP contribution in [-0.4, -0.2) is 82.3 Å². The van der Waals surface area contributed by atoms with Gasteiger partial charge in [0.2, 0.25) is 0 Å². The van der Waals surface area contributed by atoms with Gasteiger partial charge in [0.15, 0.2) is 12.4 Å². The summed E-state index contributed by atoms with van der Waals surface area (Å²) in [6.45, 7) is 4.73. The first kappa shape index (κ1) is 61.5. The number of ether oxygens (including phenoxy) is 4. The monoisotopic (exact) mass is 904 g/mol. The number of hydrogen-bond donors (Lipinski definition) is 0. The largest absolute Gasteiger partial charge is 0.545 e. The number of esters is 2. The fourth-order valence-electron chi connectivity index (χ4n) is 7.44. The third-order valence-electron chi connectivity index (χ3n) is 11.6. The zero-order valence-electron chi connectivity index (χ0n) is 42.4. The molecule has 2 unspecified atom stereocenters. The van der Waals surface area contributed by atoms with E-state index >= 15 is 0 Å². The van der Waals surface area contributed by atoms with E-state index in [1.165, 1.54) is 148 Å². The van der Waals surface area contributed by atoms with Gasteiger partial charge in [0, 0.05) is 12.8 Å². The summed E-state index contributed by atoms with van der Waals surface area (Å²) < 4.78 is 22.6. The van der Waals surface area contributed by atoms with E-state index in [1.54, 1.807) is 0 Å². The van der Waals surface area contributed by atoms with Crippen molar-refractivity contribution in [2.75, 3.05) is 47.5 Å². The number of aliphatic carboxylic acids is 1. The van der Waals surface area contributed by atoms with E-state index < -0.39 is 24.3 Å². The van der Waals surface area contributed by atoms with Gasteiger partial charge in [-0.05, 0) is 70.6 Å². The number of carboxylic acids is 1. The summed E-state index contributed by atoms with van der Waals surface area (Å²) in [5, 5.41) is 11.7. The lowest BCUT2D eigenvalue weighted by atomic mass is 10.0. The minimum Gasteiger partial charge on any atom is -0.545 e. The maximum absolute atomic E-state index is 12.8. The molecule has 0 aliphatic rings. The molecule has 374 valence electrons. The number of unbranched alkanes of at least 4 members (excludes halogenated alkanes) is 28. The average molecular weight is 904 g/mol. The van der Waals surface area contributed by atoms with Crippen molar-refractivity contribution in [3.8, 4) is 0 Å². The molecule has 0 N–H and O–H groups in total. The van der Waals surface area contributed by atoms with Crippen molar-refractivity contribution in [2.24, 2.45) is 0 Å². The molecule has 0 spiro atoms. The smallest absolute Gasteiger partial charge is 0.306 e. The van der Waals surface area contributed by atoms with E-state index in [9.17, 15) is 19.5 Å². The van der Waals surface area contributed by atoms with Crippen molar-refractivity contribution < 1.29 is 42.9 Å². The molecular formula is C55H101NO8. The fraction of sp³-hybridized carbons (Fsp3) is 0.836. The summed E-state index contributed by atoms with van der Waals surface area (Å²) in [5.41, 5.74) is 0. The lowest BCUT2D eigenvalue weighted by Gasteiger charge is -2.26. The molecule has 0 saturated carbocycles. The first-order valence-corrected chi connectivity index (χ1v) is 26.6. The van der Waals surface area contributed by atoms with Crippen molar-refractivity contribution in [1.82, 2.24) is 0 Å². The third kappa shape index (κ3) is 47.5. The summed E-state index contributed by atoms with van der Waals surface area (Å²) in [6, 6.07) is 0. The normalized spacial score (nSPS) is 13.1. The van der Waals surface area contributed by atoms with Crippen LogP contribution in [0.5, 0.6) is 0 Å². The highest BCUT2D eigenvalue weighted by atomic mass is 16.7. The van der Waals surface area contributed by atoms with Gasteiger partial charge in [-0.3, -0.25) is 9.59 Å². The number of allylic oxidation sites excluding steroid dienone is 6. The number of rotatable bonds is 49. The molecule has 9 heteroatoms. The van der Waals surface area contributed by atoms with Crippen LogP contribution in [0.1, 0.15) is 239 Å². The highest BCUT2D eigenvalue weighted by Gasteiger charge is 2.22. The first-order chi connectivity index (χ1) is 31.1. The number of carbonyl (C=O) groups is 3. The molecule has 0 aromatic rings. The molecule has 0 fully saturated rings. The molecule has 0 rings (SSSR count). The minimum atomic E-state index is -1.62. The number of carboxylic acid groups (broad SMARTS) is 1. The summed E-state index contributed by atoms with van der Waals surface area (Å²) in [7, 11) is 5.92. The van der Waals surface area contributed by atoms with Crippen LogP contribution < -0.4 is 5.11 Å². The van der Waals surface area contributed by atoms with Gasteiger partial charge in [0.25, 0.3) is 0 Å². The van der Waals surface area contributed by atoms with Crippen molar-refractivity contribution in [3.05, 3.63) is 36.5 Å². The van der Waals surface area contributed by atoms with Crippen LogP contribution in [0.2, 0.25) is 0 Å². The van der Waals surface area contributed by atoms with Gasteiger partial charge < -0.3 is 33.3 Å². The minimum absolute atomic E-state index is 0.147. The predicted octanol–water partition coefficient (Wildman–Crippen LogP) is 13.6. The predicted molar refractivity (Wildman–Crippen MR) is 265 cm³/mol. The van der Waals surface area contributed by atoms with E-state index in [1.807, 2.05) is 21.1 Å². The van der Waals surface area contributed by atoms with Crippen LogP contribution in [0.15, 0.2) is 36.5 Å². The molecule has 64 heavy (non-hydrogen) atoms. The fourth-order valence-corrected chi connectivity index (χ4v) is 7.44. The van der Waals surface area contributed by atoms with Gasteiger partial charge in [-0.15, -0.1) is 0 Å². The Labute approximate surface area is 394 Å². The lowest BCUT2D eigenvalue weighted by molar-refractivity contribution is -0.870. The zero-order chi connectivity index (χ0) is 47.0. The second-order valence-electron chi connectivity index (χ2n) is 19.2. The Morgan fingerprint density at radius 1 is 0.469 bits per heavy atom. The molecule has 0 aromatic carbocycles. The Bertz CT molecular complexity index is 1150. The quantitative estimate of drug-likeness (QED) is 0.0195. The number of likely N-dealkylation sites (N-methyl/N-ethyl adjacent to an activating group) is 1. The highest BCUT2D eigenvalue weighted by molar-refractivity contribution is 5.70. The van der Waals surface area contributed by atoms with Crippen molar-refractivity contribution >= 4 is 17.9 Å². The van der Waals surface area contributed by atoms with Crippen molar-refractivity contribution in [1.29, 1.82) is 0 Å². The van der Waals surface area contributed by atoms with E-state index in [0.29, 0.717) is 17.4 Å². The molecule has 0 aliphatic heterocycles. The molecule has 0 heterocycles. The molecule has 0 aliphatic carbocycles. The number of hydrogen-bond acceptors (Lipinski definition) is 8. The van der Waals surface area contributed by atoms with Gasteiger partial charge >= 0.3 is 11.9 Å². The molecule has 0 radical (unpaired) electrons. The van der Waals surface area contributed by atoms with Gasteiger partial charge in [0.05, 0.1) is 40.3 Å². The maximum atomic E-state index is 12.8. The van der Waals surface area contributed by atoms with Crippen LogP contribution >= 0.6 is 0 Å². The Morgan fingerprint density at radius 3 is 1.25 bits per heavy atom. The zero-order valence-corrected chi connectivity index (χ0v) is 42.4. The topological polar surface area (TPSA) is 111 Å². The van der Waals surface area contributed by atoms with Gasteiger partial charge in [-0.2, -0.15) is 0 Å². The molecule has 0 amide bonds. The molecule has 0 aromatic heterocycles. The Balaban J connectivity index is 4.25. The highest BCUT2D eigenvalue weighted by Crippen LogP contribution is 2.15. The van der Waals surface area contributed by atoms with E-state index in [4.69, 9.17) is 18.9 Å². The Morgan fingerprint density at radius 2 is 0.844 bits per heavy atom. The average Bonchev–Trinajstić information content (AvgIpc) is 3.26. The number of nitrogens with zero attached hydrogens (tertiary/aromatic N) is 1. The van der Waals surface area contributed by atoms with Crippen LogP contribution in [0.3, 0.4) is 0 Å². The van der Waals surface area contributed by atoms with Crippen LogP contribution in [0.4, 0.5) is 0 Å². The summed E-state index contributed by atoms with van der Waals surface area (Å²) >= 11 is 0. The second kappa shape index (κ2) is 47.0. The molecular weight excluding hydrogens is 803 g/mol. The standard InChI is InChI=1S/C55H101NO8/c1-6-8-10-12-14-16-18-20-22-23-24-25-26-27-28-29-30-31-32-34-36-38-40-42-44-46-53(58)64-51(50-63-55(54(59)60)61-48-47-56(3,4)5)49-62-52(57)45-43-41-39-37-35-33-21-19-17-15-13-11-9-7-2/h18-21,23-24,51,55H,6-17,22,25-50H2,1-5H3/b20-18-,21-19-,24-23-. The Hall–Kier alpha value is -2.49. The lowest BCUT2D eigenvalue weighted by Crippen LogP contribution is -2.44. The molecule has 0 saturated heterocycles. The van der Waals surface area contributed by atoms with Gasteiger partial charge in [-0.1, -0.05) is 192 Å². The first-order valence-electron chi connectivity index (χ1n) is 26.6. The maximum Gasteiger partial charge on any atom is 0.306 e. The van der Waals surface area contributed by atoms with Crippen LogP contribution in [0.25, 0.3) is 0 Å². The van der Waals surface area contributed by atoms with Gasteiger partial charge in [0.1, 0.15) is 13.2 Å². The molecule has 0 bridgehead atoms. The van der Waals surface area contributed by atoms with Crippen LogP contribution in [-0.2, 0) is 33.3 Å². The summed E-state index contributed by atoms with van der Waals surface area (Å²) in [5.74, 6) is -2.29. The van der Waals surface area contributed by atoms with E-state index in [2.05, 4.69) is 50.3 Å². The molecule has 9 nitrogen and oxygen atoms in total. The van der Waals surface area contributed by atoms with Crippen LogP contribution in [0, 0.1) is 0 Å². The molecule has 2 atom stereocenters. The SMILES string of the molecule is CCCCCCC/C=C\C/C=C\CCCCCCCCCCCCCCCC(=O)OC(COC(=O)CCCCCCC/C=C\CCCCCCC)COC(OCC[N+](C)(C)C)C(=O)[O-]. The van der Waals surface area contributed by atoms with E-state index in [-0.39, 0.29) is 38.6 Å². The van der Waals surface area contributed by atoms with E-state index in [0.717, 1.165) is 57.8 Å². The number of carbonyl (C=O) groups excluding carboxylic acids is 3.